The fraction of sp³-hybridized carbons (Fsp3) is 0.720. The van der Waals surface area contributed by atoms with Crippen LogP contribution in [0.3, 0.4) is 0 Å². The number of ketones is 2. The Morgan fingerprint density at radius 1 is 1.14 bits per heavy atom. The van der Waals surface area contributed by atoms with Gasteiger partial charge in [-0.05, 0) is 69.0 Å². The number of carboxylic acid groups (broad SMARTS) is 1. The van der Waals surface area contributed by atoms with Gasteiger partial charge in [0.2, 0.25) is 0 Å². The lowest BCUT2D eigenvalue weighted by Gasteiger charge is -2.56. The second-order valence-electron chi connectivity index (χ2n) is 10.7. The number of aliphatic carboxylic acids is 1. The quantitative estimate of drug-likeness (QED) is 0.302. The van der Waals surface area contributed by atoms with Crippen LogP contribution in [0.25, 0.3) is 0 Å². The minimum atomic E-state index is -1.04. The average Bonchev–Trinajstić information content (AvgIpc) is 3.31. The zero-order valence-electron chi connectivity index (χ0n) is 20.3. The first kappa shape index (κ1) is 25.7. The molecule has 2 amide bonds. The van der Waals surface area contributed by atoms with Gasteiger partial charge >= 0.3 is 12.0 Å². The molecule has 4 aliphatic carbocycles. The molecule has 10 heteroatoms. The Balaban J connectivity index is 1.21. The Morgan fingerprint density at radius 3 is 2.34 bits per heavy atom. The van der Waals surface area contributed by atoms with Gasteiger partial charge < -0.3 is 20.7 Å². The van der Waals surface area contributed by atoms with Crippen LogP contribution >= 0.6 is 11.8 Å². The number of carboxylic acids is 1. The van der Waals surface area contributed by atoms with Crippen molar-refractivity contribution in [3.8, 4) is 0 Å². The highest BCUT2D eigenvalue weighted by Gasteiger charge is 2.51. The number of aromatic amines is 1. The maximum Gasteiger partial charge on any atom is 0.317 e. The van der Waals surface area contributed by atoms with Crippen molar-refractivity contribution in [3.63, 3.8) is 0 Å². The summed E-state index contributed by atoms with van der Waals surface area (Å²) in [6.45, 7) is 0.389. The minimum absolute atomic E-state index is 0.0127. The number of hydrogen-bond donors (Lipinski definition) is 4. The first-order valence-corrected chi connectivity index (χ1v) is 13.9. The van der Waals surface area contributed by atoms with Crippen LogP contribution in [0.15, 0.2) is 12.5 Å². The SMILES string of the molecule is CSC(CC(=O)C(CC(=O)CCCNC(=O)NC12CC3CC(CC(C3)C1)C2)c1cnc[nH]1)C(=O)O. The van der Waals surface area contributed by atoms with E-state index in [9.17, 15) is 24.3 Å². The molecule has 2 unspecified atom stereocenters. The van der Waals surface area contributed by atoms with E-state index in [0.29, 0.717) is 18.7 Å². The molecule has 4 bridgehead atoms. The standard InChI is InChI=1S/C25H36N4O5S/c1-35-22(23(32)33)9-21(31)19(20-13-26-14-28-20)8-18(30)3-2-4-27-24(34)29-25-10-15-5-16(11-25)7-17(6-15)12-25/h13-17,19,22H,2-12H2,1H3,(H,26,28)(H,32,33)(H2,27,29,34). The van der Waals surface area contributed by atoms with Gasteiger partial charge in [-0.2, -0.15) is 0 Å². The highest BCUT2D eigenvalue weighted by Crippen LogP contribution is 2.55. The third-order valence-corrected chi connectivity index (χ3v) is 8.93. The van der Waals surface area contributed by atoms with Crippen molar-refractivity contribution in [1.82, 2.24) is 20.6 Å². The molecule has 0 aliphatic heterocycles. The summed E-state index contributed by atoms with van der Waals surface area (Å²) in [5, 5.41) is 14.6. The molecule has 192 valence electrons. The summed E-state index contributed by atoms with van der Waals surface area (Å²) < 4.78 is 0. The van der Waals surface area contributed by atoms with Crippen LogP contribution in [0.1, 0.15) is 75.8 Å². The number of thioether (sulfide) groups is 1. The zero-order chi connectivity index (χ0) is 25.0. The molecule has 5 rings (SSSR count). The molecule has 0 spiro atoms. The van der Waals surface area contributed by atoms with Crippen LogP contribution in [-0.4, -0.2) is 62.2 Å². The molecular weight excluding hydrogens is 468 g/mol. The smallest absolute Gasteiger partial charge is 0.317 e. The highest BCUT2D eigenvalue weighted by molar-refractivity contribution is 7.99. The number of nitrogens with one attached hydrogen (secondary N) is 3. The number of hydrogen-bond acceptors (Lipinski definition) is 6. The topological polar surface area (TPSA) is 141 Å². The van der Waals surface area contributed by atoms with Gasteiger partial charge in [0.05, 0.1) is 12.2 Å². The van der Waals surface area contributed by atoms with E-state index < -0.39 is 17.1 Å². The third kappa shape index (κ3) is 6.45. The van der Waals surface area contributed by atoms with Crippen LogP contribution in [0.4, 0.5) is 4.79 Å². The lowest BCUT2D eigenvalue weighted by molar-refractivity contribution is -0.138. The van der Waals surface area contributed by atoms with Crippen molar-refractivity contribution in [2.24, 2.45) is 17.8 Å². The molecule has 4 aliphatic rings. The number of urea groups is 1. The molecule has 35 heavy (non-hydrogen) atoms. The van der Waals surface area contributed by atoms with Crippen LogP contribution in [0, 0.1) is 17.8 Å². The number of H-pyrrole nitrogens is 1. The molecule has 0 radical (unpaired) electrons. The summed E-state index contributed by atoms with van der Waals surface area (Å²) in [6, 6.07) is -0.151. The molecule has 2 atom stereocenters. The normalized spacial score (nSPS) is 28.3. The molecule has 1 aromatic heterocycles. The lowest BCUT2D eigenvalue weighted by atomic mass is 9.53. The molecule has 1 heterocycles. The first-order valence-electron chi connectivity index (χ1n) is 12.6. The Bertz CT molecular complexity index is 899. The summed E-state index contributed by atoms with van der Waals surface area (Å²) in [4.78, 5) is 56.2. The fourth-order valence-corrected chi connectivity index (χ4v) is 7.35. The van der Waals surface area contributed by atoms with Crippen molar-refractivity contribution in [2.45, 2.75) is 80.9 Å². The predicted octanol–water partition coefficient (Wildman–Crippen LogP) is 3.28. The summed E-state index contributed by atoms with van der Waals surface area (Å²) >= 11 is 1.10. The molecular formula is C25H36N4O5S. The van der Waals surface area contributed by atoms with Gasteiger partial charge in [-0.15, -0.1) is 11.8 Å². The Hall–Kier alpha value is -2.36. The highest BCUT2D eigenvalue weighted by atomic mass is 32.2. The van der Waals surface area contributed by atoms with Crippen molar-refractivity contribution >= 4 is 35.3 Å². The van der Waals surface area contributed by atoms with Gasteiger partial charge in [-0.1, -0.05) is 0 Å². The van der Waals surface area contributed by atoms with E-state index in [1.807, 2.05) is 0 Å². The van der Waals surface area contributed by atoms with Gasteiger partial charge in [-0.25, -0.2) is 9.78 Å². The largest absolute Gasteiger partial charge is 0.480 e. The maximum atomic E-state index is 12.8. The number of carbonyl (C=O) groups is 4. The molecule has 0 saturated heterocycles. The average molecular weight is 505 g/mol. The molecule has 4 N–H and O–H groups in total. The van der Waals surface area contributed by atoms with E-state index in [1.165, 1.54) is 31.8 Å². The van der Waals surface area contributed by atoms with Crippen LogP contribution in [0.5, 0.6) is 0 Å². The molecule has 0 aromatic carbocycles. The van der Waals surface area contributed by atoms with Crippen LogP contribution < -0.4 is 10.6 Å². The van der Waals surface area contributed by atoms with Gasteiger partial charge in [0.1, 0.15) is 16.8 Å². The van der Waals surface area contributed by atoms with E-state index in [4.69, 9.17) is 0 Å². The predicted molar refractivity (Wildman–Crippen MR) is 132 cm³/mol. The molecule has 4 fully saturated rings. The van der Waals surface area contributed by atoms with Gasteiger partial charge in [0, 0.05) is 43.2 Å². The Kier molecular flexibility index (Phi) is 8.19. The van der Waals surface area contributed by atoms with E-state index in [-0.39, 0.29) is 42.4 Å². The number of rotatable bonds is 13. The number of nitrogens with zero attached hydrogens (tertiary/aromatic N) is 1. The Morgan fingerprint density at radius 2 is 1.80 bits per heavy atom. The zero-order valence-corrected chi connectivity index (χ0v) is 21.1. The lowest BCUT2D eigenvalue weighted by Crippen LogP contribution is -2.61. The fourth-order valence-electron chi connectivity index (χ4n) is 6.82. The van der Waals surface area contributed by atoms with Crippen molar-refractivity contribution in [3.05, 3.63) is 18.2 Å². The Labute approximate surface area is 210 Å². The second kappa shape index (κ2) is 11.1. The monoisotopic (exact) mass is 504 g/mol. The number of aromatic nitrogens is 2. The van der Waals surface area contributed by atoms with E-state index in [2.05, 4.69) is 20.6 Å². The second-order valence-corrected chi connectivity index (χ2v) is 11.8. The number of Topliss-reactive ketones (excluding diaryl/α,β-unsaturated/α-hetero) is 2. The van der Waals surface area contributed by atoms with Crippen molar-refractivity contribution in [1.29, 1.82) is 0 Å². The summed E-state index contributed by atoms with van der Waals surface area (Å²) in [6.07, 6.45) is 12.4. The van der Waals surface area contributed by atoms with E-state index in [1.54, 1.807) is 6.26 Å². The number of carbonyl (C=O) groups excluding carboxylic acids is 3. The summed E-state index contributed by atoms with van der Waals surface area (Å²) in [5.74, 6) is 0.0867. The first-order chi connectivity index (χ1) is 16.8. The van der Waals surface area contributed by atoms with Crippen molar-refractivity contribution in [2.75, 3.05) is 12.8 Å². The van der Waals surface area contributed by atoms with E-state index in [0.717, 1.165) is 48.8 Å². The van der Waals surface area contributed by atoms with Crippen LogP contribution in [-0.2, 0) is 14.4 Å². The molecule has 4 saturated carbocycles. The molecule has 9 nitrogen and oxygen atoms in total. The minimum Gasteiger partial charge on any atom is -0.480 e. The molecule has 1 aromatic rings. The van der Waals surface area contributed by atoms with Gasteiger partial charge in [-0.3, -0.25) is 14.4 Å². The van der Waals surface area contributed by atoms with E-state index >= 15 is 0 Å². The maximum absolute atomic E-state index is 12.8. The summed E-state index contributed by atoms with van der Waals surface area (Å²) in [5.41, 5.74) is 0.471. The summed E-state index contributed by atoms with van der Waals surface area (Å²) in [7, 11) is 0. The van der Waals surface area contributed by atoms with Gasteiger partial charge in [0.25, 0.3) is 0 Å². The third-order valence-electron chi connectivity index (χ3n) is 8.00. The number of amides is 2. The number of imidazole rings is 1. The van der Waals surface area contributed by atoms with Crippen LogP contribution in [0.2, 0.25) is 0 Å². The van der Waals surface area contributed by atoms with Gasteiger partial charge in [0.15, 0.2) is 0 Å². The van der Waals surface area contributed by atoms with Crippen molar-refractivity contribution < 1.29 is 24.3 Å².